The summed E-state index contributed by atoms with van der Waals surface area (Å²) >= 11 is 0. The van der Waals surface area contributed by atoms with Gasteiger partial charge in [-0.2, -0.15) is 4.98 Å². The number of hydrogen-bond acceptors (Lipinski definition) is 8. The van der Waals surface area contributed by atoms with Crippen molar-refractivity contribution in [2.45, 2.75) is 12.3 Å². The highest BCUT2D eigenvalue weighted by Gasteiger charge is 2.30. The molecule has 27 heavy (non-hydrogen) atoms. The molecule has 0 N–H and O–H groups in total. The summed E-state index contributed by atoms with van der Waals surface area (Å²) in [4.78, 5) is 12.9. The molecule has 4 rings (SSSR count). The Labute approximate surface area is 157 Å². The maximum atomic E-state index is 5.96. The first-order valence-corrected chi connectivity index (χ1v) is 8.87. The average molecular weight is 366 g/mol. The first-order valence-electron chi connectivity index (χ1n) is 8.87. The number of methoxy groups -OCH3 is 1. The molecule has 2 aromatic heterocycles. The Bertz CT molecular complexity index is 909. The van der Waals surface area contributed by atoms with Crippen LogP contribution in [0.5, 0.6) is 5.88 Å². The SMILES string of the molecule is COc1ccnc(N2CC[C@H](c3nnc(-c4ccc(N(C)C)cc4)o3)C2)n1. The lowest BCUT2D eigenvalue weighted by atomic mass is 10.1. The summed E-state index contributed by atoms with van der Waals surface area (Å²) in [6.45, 7) is 1.58. The van der Waals surface area contributed by atoms with Crippen molar-refractivity contribution in [2.24, 2.45) is 0 Å². The second kappa shape index (κ2) is 7.22. The van der Waals surface area contributed by atoms with E-state index in [0.717, 1.165) is 30.8 Å². The number of nitrogens with zero attached hydrogens (tertiary/aromatic N) is 6. The van der Waals surface area contributed by atoms with Gasteiger partial charge in [0.05, 0.1) is 13.0 Å². The third-order valence-electron chi connectivity index (χ3n) is 4.72. The van der Waals surface area contributed by atoms with E-state index >= 15 is 0 Å². The van der Waals surface area contributed by atoms with Crippen molar-refractivity contribution in [2.75, 3.05) is 44.1 Å². The molecule has 0 unspecified atom stereocenters. The van der Waals surface area contributed by atoms with Gasteiger partial charge in [-0.25, -0.2) is 4.98 Å². The lowest BCUT2D eigenvalue weighted by Crippen LogP contribution is -2.21. The van der Waals surface area contributed by atoms with Crippen LogP contribution in [0.4, 0.5) is 11.6 Å². The normalized spacial score (nSPS) is 16.6. The van der Waals surface area contributed by atoms with Crippen molar-refractivity contribution in [3.63, 3.8) is 0 Å². The highest BCUT2D eigenvalue weighted by atomic mass is 16.5. The average Bonchev–Trinajstić information content (AvgIpc) is 3.38. The smallest absolute Gasteiger partial charge is 0.247 e. The third kappa shape index (κ3) is 3.55. The Morgan fingerprint density at radius 3 is 2.70 bits per heavy atom. The van der Waals surface area contributed by atoms with Gasteiger partial charge in [0.1, 0.15) is 0 Å². The fraction of sp³-hybridized carbons (Fsp3) is 0.368. The first-order chi connectivity index (χ1) is 13.1. The Balaban J connectivity index is 1.47. The van der Waals surface area contributed by atoms with Crippen LogP contribution in [-0.2, 0) is 0 Å². The highest BCUT2D eigenvalue weighted by molar-refractivity contribution is 5.58. The van der Waals surface area contributed by atoms with E-state index in [1.165, 1.54) is 0 Å². The van der Waals surface area contributed by atoms with Crippen molar-refractivity contribution < 1.29 is 9.15 Å². The van der Waals surface area contributed by atoms with Crippen LogP contribution in [0.3, 0.4) is 0 Å². The molecule has 0 aliphatic carbocycles. The van der Waals surface area contributed by atoms with Crippen molar-refractivity contribution in [3.8, 4) is 17.3 Å². The molecule has 0 amide bonds. The summed E-state index contributed by atoms with van der Waals surface area (Å²) in [6, 6.07) is 9.81. The molecular weight excluding hydrogens is 344 g/mol. The van der Waals surface area contributed by atoms with Crippen LogP contribution in [0.1, 0.15) is 18.2 Å². The number of benzene rings is 1. The van der Waals surface area contributed by atoms with Gasteiger partial charge in [0, 0.05) is 50.7 Å². The van der Waals surface area contributed by atoms with E-state index in [9.17, 15) is 0 Å². The molecule has 0 spiro atoms. The van der Waals surface area contributed by atoms with Gasteiger partial charge in [-0.05, 0) is 30.7 Å². The number of aromatic nitrogens is 4. The summed E-state index contributed by atoms with van der Waals surface area (Å²) in [5, 5.41) is 8.51. The lowest BCUT2D eigenvalue weighted by Gasteiger charge is -2.15. The van der Waals surface area contributed by atoms with Gasteiger partial charge in [-0.1, -0.05) is 0 Å². The molecule has 0 radical (unpaired) electrons. The summed E-state index contributed by atoms with van der Waals surface area (Å²) in [5.41, 5.74) is 2.05. The molecule has 3 aromatic rings. The Hall–Kier alpha value is -3.16. The van der Waals surface area contributed by atoms with Crippen LogP contribution in [0.15, 0.2) is 40.9 Å². The van der Waals surface area contributed by atoms with Crippen molar-refractivity contribution in [3.05, 3.63) is 42.4 Å². The number of hydrogen-bond donors (Lipinski definition) is 0. The van der Waals surface area contributed by atoms with E-state index in [0.29, 0.717) is 23.6 Å². The van der Waals surface area contributed by atoms with Gasteiger partial charge >= 0.3 is 0 Å². The van der Waals surface area contributed by atoms with Crippen molar-refractivity contribution >= 4 is 11.6 Å². The zero-order valence-corrected chi connectivity index (χ0v) is 15.7. The predicted molar refractivity (Wildman–Crippen MR) is 102 cm³/mol. The quantitative estimate of drug-likeness (QED) is 0.682. The molecular formula is C19H22N6O2. The van der Waals surface area contributed by atoms with Crippen molar-refractivity contribution in [1.82, 2.24) is 20.2 Å². The highest BCUT2D eigenvalue weighted by Crippen LogP contribution is 2.31. The van der Waals surface area contributed by atoms with Crippen LogP contribution in [0.2, 0.25) is 0 Å². The van der Waals surface area contributed by atoms with E-state index in [4.69, 9.17) is 9.15 Å². The molecule has 1 fully saturated rings. The molecule has 1 aromatic carbocycles. The molecule has 1 aliphatic rings. The Kier molecular flexibility index (Phi) is 4.62. The van der Waals surface area contributed by atoms with Crippen LogP contribution in [-0.4, -0.2) is 54.5 Å². The molecule has 8 nitrogen and oxygen atoms in total. The van der Waals surface area contributed by atoms with Crippen LogP contribution in [0, 0.1) is 0 Å². The fourth-order valence-electron chi connectivity index (χ4n) is 3.16. The molecule has 1 saturated heterocycles. The van der Waals surface area contributed by atoms with E-state index in [-0.39, 0.29) is 5.92 Å². The summed E-state index contributed by atoms with van der Waals surface area (Å²) in [6.07, 6.45) is 2.62. The molecule has 0 saturated carbocycles. The number of rotatable bonds is 5. The molecule has 1 atom stereocenters. The minimum absolute atomic E-state index is 0.169. The second-order valence-corrected chi connectivity index (χ2v) is 6.72. The van der Waals surface area contributed by atoms with E-state index in [1.807, 2.05) is 38.4 Å². The van der Waals surface area contributed by atoms with Crippen molar-refractivity contribution in [1.29, 1.82) is 0 Å². The maximum Gasteiger partial charge on any atom is 0.247 e. The van der Waals surface area contributed by atoms with E-state index in [1.54, 1.807) is 19.4 Å². The summed E-state index contributed by atoms with van der Waals surface area (Å²) < 4.78 is 11.1. The summed E-state index contributed by atoms with van der Waals surface area (Å²) in [5.74, 6) is 2.60. The topological polar surface area (TPSA) is 80.4 Å². The molecule has 0 bridgehead atoms. The van der Waals surface area contributed by atoms with Gasteiger partial charge in [0.2, 0.25) is 23.6 Å². The van der Waals surface area contributed by atoms with Gasteiger partial charge in [-0.3, -0.25) is 0 Å². The number of anilines is 2. The molecule has 140 valence electrons. The predicted octanol–water partition coefficient (Wildman–Crippen LogP) is 2.60. The fourth-order valence-corrected chi connectivity index (χ4v) is 3.16. The summed E-state index contributed by atoms with van der Waals surface area (Å²) in [7, 11) is 5.62. The van der Waals surface area contributed by atoms with E-state index < -0.39 is 0 Å². The molecule has 8 heteroatoms. The minimum Gasteiger partial charge on any atom is -0.481 e. The Morgan fingerprint density at radius 1 is 1.15 bits per heavy atom. The molecule has 1 aliphatic heterocycles. The van der Waals surface area contributed by atoms with Gasteiger partial charge in [0.25, 0.3) is 0 Å². The lowest BCUT2D eigenvalue weighted by molar-refractivity contribution is 0.397. The van der Waals surface area contributed by atoms with Gasteiger partial charge in [-0.15, -0.1) is 10.2 Å². The van der Waals surface area contributed by atoms with Crippen LogP contribution < -0.4 is 14.5 Å². The maximum absolute atomic E-state index is 5.96. The monoisotopic (exact) mass is 366 g/mol. The van der Waals surface area contributed by atoms with Crippen LogP contribution in [0.25, 0.3) is 11.5 Å². The largest absolute Gasteiger partial charge is 0.481 e. The third-order valence-corrected chi connectivity index (χ3v) is 4.72. The molecule has 3 heterocycles. The van der Waals surface area contributed by atoms with Crippen LogP contribution >= 0.6 is 0 Å². The van der Waals surface area contributed by atoms with Gasteiger partial charge in [0.15, 0.2) is 0 Å². The first kappa shape index (κ1) is 17.3. The zero-order valence-electron chi connectivity index (χ0n) is 15.7. The standard InChI is InChI=1S/C19H22N6O2/c1-24(2)15-6-4-13(5-7-15)17-22-23-18(27-17)14-9-11-25(12-14)19-20-10-8-16(21-19)26-3/h4-8,10,14H,9,11-12H2,1-3H3/t14-/m0/s1. The Morgan fingerprint density at radius 2 is 1.96 bits per heavy atom. The second-order valence-electron chi connectivity index (χ2n) is 6.72. The number of ether oxygens (including phenoxy) is 1. The minimum atomic E-state index is 0.169. The zero-order chi connectivity index (χ0) is 18.8. The van der Waals surface area contributed by atoms with E-state index in [2.05, 4.69) is 30.0 Å². The van der Waals surface area contributed by atoms with Gasteiger partial charge < -0.3 is 19.0 Å².